The van der Waals surface area contributed by atoms with Crippen molar-refractivity contribution in [1.29, 1.82) is 0 Å². The van der Waals surface area contributed by atoms with E-state index in [1.54, 1.807) is 0 Å². The van der Waals surface area contributed by atoms with E-state index >= 15 is 0 Å². The van der Waals surface area contributed by atoms with Crippen molar-refractivity contribution in [3.05, 3.63) is 24.3 Å². The first-order chi connectivity index (χ1) is 4.81. The second kappa shape index (κ2) is 2.16. The van der Waals surface area contributed by atoms with E-state index in [0.717, 1.165) is 12.3 Å². The van der Waals surface area contributed by atoms with Gasteiger partial charge in [-0.2, -0.15) is 12.6 Å². The molecule has 1 atom stereocenters. The molecule has 0 spiro atoms. The first-order valence-corrected chi connectivity index (χ1v) is 4.33. The van der Waals surface area contributed by atoms with Crippen LogP contribution in [0.4, 0.5) is 0 Å². The van der Waals surface area contributed by atoms with E-state index in [4.69, 9.17) is 0 Å². The molecule has 0 heterocycles. The van der Waals surface area contributed by atoms with E-state index in [-0.39, 0.29) is 4.75 Å². The Morgan fingerprint density at radius 2 is 2.10 bits per heavy atom. The van der Waals surface area contributed by atoms with Gasteiger partial charge in [-0.3, -0.25) is 0 Å². The predicted molar refractivity (Wildman–Crippen MR) is 47.3 cm³/mol. The maximum Gasteiger partial charge on any atom is 0.0374 e. The Kier molecular flexibility index (Phi) is 1.41. The molecule has 2 aliphatic rings. The molecule has 0 N–H and O–H groups in total. The third-order valence-electron chi connectivity index (χ3n) is 2.36. The van der Waals surface area contributed by atoms with Crippen LogP contribution in [0.2, 0.25) is 0 Å². The maximum absolute atomic E-state index is 4.67. The fourth-order valence-electron chi connectivity index (χ4n) is 1.51. The van der Waals surface area contributed by atoms with Crippen LogP contribution in [0, 0.1) is 5.92 Å². The van der Waals surface area contributed by atoms with E-state index in [1.807, 2.05) is 0 Å². The Morgan fingerprint density at radius 3 is 2.60 bits per heavy atom. The summed E-state index contributed by atoms with van der Waals surface area (Å²) in [4.78, 5) is 0. The lowest BCUT2D eigenvalue weighted by Gasteiger charge is -2.24. The van der Waals surface area contributed by atoms with E-state index in [2.05, 4.69) is 36.9 Å². The van der Waals surface area contributed by atoms with Gasteiger partial charge in [0.1, 0.15) is 0 Å². The second-order valence-corrected chi connectivity index (χ2v) is 4.09. The largest absolute Gasteiger partial charge is 0.168 e. The SMILES string of the molecule is SC1(C2CC2)C=CC=CC1. The molecule has 0 amide bonds. The Morgan fingerprint density at radius 1 is 1.30 bits per heavy atom. The van der Waals surface area contributed by atoms with E-state index in [0.29, 0.717) is 0 Å². The molecule has 0 radical (unpaired) electrons. The minimum Gasteiger partial charge on any atom is -0.168 e. The molecule has 0 aliphatic heterocycles. The van der Waals surface area contributed by atoms with Crippen molar-refractivity contribution in [1.82, 2.24) is 0 Å². The highest BCUT2D eigenvalue weighted by Crippen LogP contribution is 2.47. The predicted octanol–water partition coefficient (Wildman–Crippen LogP) is 2.58. The topological polar surface area (TPSA) is 0 Å². The molecule has 0 saturated heterocycles. The van der Waals surface area contributed by atoms with E-state index in [9.17, 15) is 0 Å². The minimum atomic E-state index is 0.217. The second-order valence-electron chi connectivity index (χ2n) is 3.26. The van der Waals surface area contributed by atoms with Crippen molar-refractivity contribution in [3.8, 4) is 0 Å². The average Bonchev–Trinajstić information content (AvgIpc) is 2.69. The highest BCUT2D eigenvalue weighted by Gasteiger charge is 2.39. The smallest absolute Gasteiger partial charge is 0.0374 e. The summed E-state index contributed by atoms with van der Waals surface area (Å²) in [5.41, 5.74) is 0. The van der Waals surface area contributed by atoms with E-state index < -0.39 is 0 Å². The van der Waals surface area contributed by atoms with Crippen molar-refractivity contribution < 1.29 is 0 Å². The van der Waals surface area contributed by atoms with Gasteiger partial charge >= 0.3 is 0 Å². The zero-order chi connectivity index (χ0) is 7.03. The van der Waals surface area contributed by atoms with Gasteiger partial charge < -0.3 is 0 Å². The quantitative estimate of drug-likeness (QED) is 0.548. The standard InChI is InChI=1S/C9H12S/c10-9(8-4-5-8)6-2-1-3-7-9/h1-3,6,8,10H,4-5,7H2. The van der Waals surface area contributed by atoms with Gasteiger partial charge in [0.2, 0.25) is 0 Å². The summed E-state index contributed by atoms with van der Waals surface area (Å²) in [6.07, 6.45) is 12.6. The van der Waals surface area contributed by atoms with Crippen molar-refractivity contribution in [3.63, 3.8) is 0 Å². The van der Waals surface area contributed by atoms with E-state index in [1.165, 1.54) is 12.8 Å². The maximum atomic E-state index is 4.67. The molecular weight excluding hydrogens is 140 g/mol. The Bertz CT molecular complexity index is 189. The van der Waals surface area contributed by atoms with Gasteiger partial charge in [-0.1, -0.05) is 24.3 Å². The van der Waals surface area contributed by atoms with Crippen LogP contribution in [-0.4, -0.2) is 4.75 Å². The Hall–Kier alpha value is -0.170. The molecule has 0 aromatic heterocycles. The van der Waals surface area contributed by atoms with Gasteiger partial charge in [0, 0.05) is 4.75 Å². The third kappa shape index (κ3) is 1.03. The first-order valence-electron chi connectivity index (χ1n) is 3.88. The molecule has 0 nitrogen and oxygen atoms in total. The highest BCUT2D eigenvalue weighted by molar-refractivity contribution is 7.82. The summed E-state index contributed by atoms with van der Waals surface area (Å²) in [6, 6.07) is 0. The number of hydrogen-bond acceptors (Lipinski definition) is 1. The summed E-state index contributed by atoms with van der Waals surface area (Å²) in [6.45, 7) is 0. The monoisotopic (exact) mass is 152 g/mol. The molecular formula is C9H12S. The van der Waals surface area contributed by atoms with Gasteiger partial charge in [0.15, 0.2) is 0 Å². The van der Waals surface area contributed by atoms with Crippen LogP contribution in [0.3, 0.4) is 0 Å². The number of allylic oxidation sites excluding steroid dienone is 3. The summed E-state index contributed by atoms with van der Waals surface area (Å²) < 4.78 is 0.217. The summed E-state index contributed by atoms with van der Waals surface area (Å²) in [5, 5.41) is 0. The van der Waals surface area contributed by atoms with Gasteiger partial charge in [0.25, 0.3) is 0 Å². The molecule has 54 valence electrons. The third-order valence-corrected chi connectivity index (χ3v) is 3.06. The van der Waals surface area contributed by atoms with Crippen molar-refractivity contribution in [2.24, 2.45) is 5.92 Å². The molecule has 1 unspecified atom stereocenters. The lowest BCUT2D eigenvalue weighted by molar-refractivity contribution is 0.632. The van der Waals surface area contributed by atoms with Gasteiger partial charge in [-0.25, -0.2) is 0 Å². The van der Waals surface area contributed by atoms with Crippen LogP contribution in [0.5, 0.6) is 0 Å². The summed E-state index contributed by atoms with van der Waals surface area (Å²) in [5.74, 6) is 0.858. The number of thiol groups is 1. The van der Waals surface area contributed by atoms with Crippen LogP contribution in [0.15, 0.2) is 24.3 Å². The van der Waals surface area contributed by atoms with Crippen molar-refractivity contribution in [2.75, 3.05) is 0 Å². The average molecular weight is 152 g/mol. The summed E-state index contributed by atoms with van der Waals surface area (Å²) in [7, 11) is 0. The fourth-order valence-corrected chi connectivity index (χ4v) is 1.96. The molecule has 2 aliphatic carbocycles. The first kappa shape index (κ1) is 6.53. The van der Waals surface area contributed by atoms with Gasteiger partial charge in [-0.05, 0) is 25.2 Å². The molecule has 2 rings (SSSR count). The zero-order valence-corrected chi connectivity index (χ0v) is 6.85. The number of rotatable bonds is 1. The molecule has 0 aromatic rings. The van der Waals surface area contributed by atoms with Crippen LogP contribution in [0.1, 0.15) is 19.3 Å². The van der Waals surface area contributed by atoms with Crippen molar-refractivity contribution >= 4 is 12.6 Å². The van der Waals surface area contributed by atoms with Crippen LogP contribution >= 0.6 is 12.6 Å². The normalized spacial score (nSPS) is 38.5. The molecule has 1 heteroatoms. The molecule has 10 heavy (non-hydrogen) atoms. The zero-order valence-electron chi connectivity index (χ0n) is 5.96. The van der Waals surface area contributed by atoms with Crippen LogP contribution < -0.4 is 0 Å². The minimum absolute atomic E-state index is 0.217. The Labute approximate surface area is 67.4 Å². The Balaban J connectivity index is 2.14. The van der Waals surface area contributed by atoms with Crippen molar-refractivity contribution in [2.45, 2.75) is 24.0 Å². The highest BCUT2D eigenvalue weighted by atomic mass is 32.1. The number of hydrogen-bond donors (Lipinski definition) is 1. The van der Waals surface area contributed by atoms with Crippen LogP contribution in [0.25, 0.3) is 0 Å². The summed E-state index contributed by atoms with van der Waals surface area (Å²) >= 11 is 4.67. The van der Waals surface area contributed by atoms with Gasteiger partial charge in [0.05, 0.1) is 0 Å². The lowest BCUT2D eigenvalue weighted by Crippen LogP contribution is -2.21. The molecule has 0 bridgehead atoms. The lowest BCUT2D eigenvalue weighted by atomic mass is 9.95. The fraction of sp³-hybridized carbons (Fsp3) is 0.556. The molecule has 1 saturated carbocycles. The van der Waals surface area contributed by atoms with Crippen LogP contribution in [-0.2, 0) is 0 Å². The molecule has 1 fully saturated rings. The molecule has 0 aromatic carbocycles. The van der Waals surface area contributed by atoms with Gasteiger partial charge in [-0.15, -0.1) is 0 Å².